The Morgan fingerprint density at radius 2 is 1.95 bits per heavy atom. The molecule has 1 unspecified atom stereocenters. The highest BCUT2D eigenvalue weighted by atomic mass is 35.5. The van der Waals surface area contributed by atoms with E-state index < -0.39 is 11.9 Å². The Kier molecular flexibility index (Phi) is 4.70. The number of rotatable bonds is 5. The number of aryl methyl sites for hydroxylation is 1. The maximum atomic E-state index is 11.9. The Morgan fingerprint density at radius 3 is 2.57 bits per heavy atom. The first kappa shape index (κ1) is 15.2. The summed E-state index contributed by atoms with van der Waals surface area (Å²) >= 11 is 6.23. The molecule has 110 valence electrons. The first-order valence-corrected chi connectivity index (χ1v) is 6.86. The molecule has 1 atom stereocenters. The lowest BCUT2D eigenvalue weighted by Gasteiger charge is -2.21. The molecule has 0 bridgehead atoms. The number of benzene rings is 2. The third-order valence-corrected chi connectivity index (χ3v) is 3.58. The van der Waals surface area contributed by atoms with Gasteiger partial charge in [-0.25, -0.2) is 0 Å². The second-order valence-electron chi connectivity index (χ2n) is 4.65. The van der Waals surface area contributed by atoms with E-state index in [0.29, 0.717) is 16.3 Å². The molecule has 0 aliphatic rings. The zero-order valence-corrected chi connectivity index (χ0v) is 12.6. The van der Waals surface area contributed by atoms with Crippen molar-refractivity contribution in [3.05, 3.63) is 58.6 Å². The number of nitrogens with two attached hydrogens (primary N) is 1. The van der Waals surface area contributed by atoms with Crippen LogP contribution < -0.4 is 15.8 Å². The number of para-hydroxylation sites is 1. The van der Waals surface area contributed by atoms with Crippen LogP contribution in [-0.2, 0) is 4.79 Å². The third kappa shape index (κ3) is 3.28. The smallest absolute Gasteiger partial charge is 0.244 e. The molecule has 0 spiro atoms. The Bertz CT molecular complexity index is 658. The normalized spacial score (nSPS) is 11.8. The van der Waals surface area contributed by atoms with Crippen LogP contribution in [0, 0.1) is 6.92 Å². The minimum Gasteiger partial charge on any atom is -0.496 e. The molecule has 1 amide bonds. The molecule has 0 fully saturated rings. The standard InChI is InChI=1S/C16H17ClN2O2/c1-10-6-3-4-8-12(10)19-15(16(18)20)14-11(17)7-5-9-13(14)21-2/h3-9,15,19H,1-2H3,(H2,18,20). The number of anilines is 1. The quantitative estimate of drug-likeness (QED) is 0.891. The average molecular weight is 305 g/mol. The van der Waals surface area contributed by atoms with Crippen LogP contribution in [0.4, 0.5) is 5.69 Å². The summed E-state index contributed by atoms with van der Waals surface area (Å²) in [5.74, 6) is -0.00274. The van der Waals surface area contributed by atoms with Crippen molar-refractivity contribution in [1.82, 2.24) is 0 Å². The Balaban J connectivity index is 2.46. The van der Waals surface area contributed by atoms with Gasteiger partial charge in [-0.1, -0.05) is 35.9 Å². The van der Waals surface area contributed by atoms with Crippen LogP contribution in [0.15, 0.2) is 42.5 Å². The van der Waals surface area contributed by atoms with Crippen LogP contribution in [0.25, 0.3) is 0 Å². The van der Waals surface area contributed by atoms with Gasteiger partial charge in [0.05, 0.1) is 12.1 Å². The van der Waals surface area contributed by atoms with Crippen molar-refractivity contribution in [1.29, 1.82) is 0 Å². The molecule has 0 saturated heterocycles. The Labute approximate surface area is 128 Å². The molecular formula is C16H17ClN2O2. The Morgan fingerprint density at radius 1 is 1.24 bits per heavy atom. The molecule has 4 nitrogen and oxygen atoms in total. The highest BCUT2D eigenvalue weighted by molar-refractivity contribution is 6.32. The molecule has 0 saturated carbocycles. The van der Waals surface area contributed by atoms with Gasteiger partial charge in [-0.3, -0.25) is 4.79 Å². The molecule has 2 rings (SSSR count). The number of carbonyl (C=O) groups is 1. The summed E-state index contributed by atoms with van der Waals surface area (Å²) in [7, 11) is 1.53. The lowest BCUT2D eigenvalue weighted by Crippen LogP contribution is -2.28. The van der Waals surface area contributed by atoms with E-state index in [2.05, 4.69) is 5.32 Å². The fourth-order valence-corrected chi connectivity index (χ4v) is 2.43. The summed E-state index contributed by atoms with van der Waals surface area (Å²) in [6, 6.07) is 12.1. The molecule has 2 aromatic carbocycles. The van der Waals surface area contributed by atoms with Crippen molar-refractivity contribution >= 4 is 23.2 Å². The first-order chi connectivity index (χ1) is 10.0. The second-order valence-corrected chi connectivity index (χ2v) is 5.06. The number of nitrogens with one attached hydrogen (secondary N) is 1. The van der Waals surface area contributed by atoms with Gasteiger partial charge in [0.15, 0.2) is 0 Å². The van der Waals surface area contributed by atoms with Crippen molar-refractivity contribution in [2.45, 2.75) is 13.0 Å². The largest absolute Gasteiger partial charge is 0.496 e. The zero-order valence-electron chi connectivity index (χ0n) is 11.9. The number of carbonyl (C=O) groups excluding carboxylic acids is 1. The highest BCUT2D eigenvalue weighted by Gasteiger charge is 2.24. The number of halogens is 1. The number of methoxy groups -OCH3 is 1. The zero-order chi connectivity index (χ0) is 15.4. The van der Waals surface area contributed by atoms with E-state index in [1.807, 2.05) is 31.2 Å². The summed E-state index contributed by atoms with van der Waals surface area (Å²) in [6.07, 6.45) is 0. The van der Waals surface area contributed by atoms with E-state index in [0.717, 1.165) is 11.3 Å². The molecule has 0 aromatic heterocycles. The topological polar surface area (TPSA) is 64.3 Å². The van der Waals surface area contributed by atoms with E-state index in [4.69, 9.17) is 22.1 Å². The van der Waals surface area contributed by atoms with E-state index in [-0.39, 0.29) is 0 Å². The minimum absolute atomic E-state index is 0.430. The molecule has 21 heavy (non-hydrogen) atoms. The van der Waals surface area contributed by atoms with Gasteiger partial charge in [-0.15, -0.1) is 0 Å². The molecule has 0 heterocycles. The molecule has 0 radical (unpaired) electrons. The van der Waals surface area contributed by atoms with Crippen molar-refractivity contribution in [2.75, 3.05) is 12.4 Å². The van der Waals surface area contributed by atoms with Gasteiger partial charge in [-0.2, -0.15) is 0 Å². The fourth-order valence-electron chi connectivity index (χ4n) is 2.15. The van der Waals surface area contributed by atoms with Crippen molar-refractivity contribution in [2.24, 2.45) is 5.73 Å². The van der Waals surface area contributed by atoms with E-state index >= 15 is 0 Å². The number of ether oxygens (including phenoxy) is 1. The predicted octanol–water partition coefficient (Wildman–Crippen LogP) is 3.30. The monoisotopic (exact) mass is 304 g/mol. The summed E-state index contributed by atoms with van der Waals surface area (Å²) < 4.78 is 5.29. The van der Waals surface area contributed by atoms with Gasteiger partial charge in [0.2, 0.25) is 5.91 Å². The number of hydrogen-bond donors (Lipinski definition) is 2. The SMILES string of the molecule is COc1cccc(Cl)c1C(Nc1ccccc1C)C(N)=O. The van der Waals surface area contributed by atoms with Gasteiger partial charge in [0.25, 0.3) is 0 Å². The number of amides is 1. The van der Waals surface area contributed by atoms with Gasteiger partial charge in [0.1, 0.15) is 11.8 Å². The van der Waals surface area contributed by atoms with Crippen molar-refractivity contribution < 1.29 is 9.53 Å². The maximum absolute atomic E-state index is 11.9. The fraction of sp³-hybridized carbons (Fsp3) is 0.188. The highest BCUT2D eigenvalue weighted by Crippen LogP contribution is 2.34. The number of hydrogen-bond acceptors (Lipinski definition) is 3. The molecule has 5 heteroatoms. The summed E-state index contributed by atoms with van der Waals surface area (Å²) in [5, 5.41) is 3.57. The van der Waals surface area contributed by atoms with Crippen LogP contribution in [0.5, 0.6) is 5.75 Å². The first-order valence-electron chi connectivity index (χ1n) is 6.48. The van der Waals surface area contributed by atoms with Crippen LogP contribution in [0.2, 0.25) is 5.02 Å². The number of primary amides is 1. The van der Waals surface area contributed by atoms with Crippen LogP contribution in [0.1, 0.15) is 17.2 Å². The lowest BCUT2D eigenvalue weighted by molar-refractivity contribution is -0.118. The van der Waals surface area contributed by atoms with E-state index in [1.165, 1.54) is 7.11 Å². The summed E-state index contributed by atoms with van der Waals surface area (Å²) in [6.45, 7) is 1.95. The van der Waals surface area contributed by atoms with Crippen LogP contribution in [0.3, 0.4) is 0 Å². The maximum Gasteiger partial charge on any atom is 0.244 e. The van der Waals surface area contributed by atoms with E-state index in [9.17, 15) is 4.79 Å². The van der Waals surface area contributed by atoms with Crippen LogP contribution >= 0.6 is 11.6 Å². The van der Waals surface area contributed by atoms with Crippen molar-refractivity contribution in [3.8, 4) is 5.75 Å². The lowest BCUT2D eigenvalue weighted by atomic mass is 10.0. The molecule has 0 aliphatic heterocycles. The summed E-state index contributed by atoms with van der Waals surface area (Å²) in [4.78, 5) is 11.9. The second kappa shape index (κ2) is 6.50. The molecule has 2 aromatic rings. The van der Waals surface area contributed by atoms with Crippen molar-refractivity contribution in [3.63, 3.8) is 0 Å². The summed E-state index contributed by atoms with van der Waals surface area (Å²) in [5.41, 5.74) is 7.91. The minimum atomic E-state index is -0.769. The van der Waals surface area contributed by atoms with Crippen LogP contribution in [-0.4, -0.2) is 13.0 Å². The third-order valence-electron chi connectivity index (χ3n) is 3.25. The predicted molar refractivity (Wildman–Crippen MR) is 84.7 cm³/mol. The average Bonchev–Trinajstić information content (AvgIpc) is 2.46. The van der Waals surface area contributed by atoms with Gasteiger partial charge < -0.3 is 15.8 Å². The molecule has 3 N–H and O–H groups in total. The molecular weight excluding hydrogens is 288 g/mol. The van der Waals surface area contributed by atoms with E-state index in [1.54, 1.807) is 18.2 Å². The Hall–Kier alpha value is -2.20. The van der Waals surface area contributed by atoms with Gasteiger partial charge >= 0.3 is 0 Å². The van der Waals surface area contributed by atoms with Gasteiger partial charge in [0, 0.05) is 11.3 Å². The van der Waals surface area contributed by atoms with Gasteiger partial charge in [-0.05, 0) is 30.7 Å². The molecule has 0 aliphatic carbocycles.